The minimum atomic E-state index is 0.358. The van der Waals surface area contributed by atoms with Crippen molar-refractivity contribution in [3.05, 3.63) is 28.2 Å². The van der Waals surface area contributed by atoms with Gasteiger partial charge in [-0.15, -0.1) is 0 Å². The molecule has 0 amide bonds. The van der Waals surface area contributed by atoms with Gasteiger partial charge in [-0.2, -0.15) is 0 Å². The quantitative estimate of drug-likeness (QED) is 0.932. The molecule has 4 heteroatoms. The fourth-order valence-corrected chi connectivity index (χ4v) is 2.79. The van der Waals surface area contributed by atoms with E-state index in [9.17, 15) is 0 Å². The number of piperidine rings is 1. The lowest BCUT2D eigenvalue weighted by Gasteiger charge is -2.33. The first kappa shape index (κ1) is 12.9. The average molecular weight is 299 g/mol. The Kier molecular flexibility index (Phi) is 4.42. The van der Waals surface area contributed by atoms with Gasteiger partial charge in [-0.1, -0.05) is 22.0 Å². The Labute approximate surface area is 111 Å². The van der Waals surface area contributed by atoms with Gasteiger partial charge in [-0.3, -0.25) is 0 Å². The van der Waals surface area contributed by atoms with Gasteiger partial charge < -0.3 is 15.4 Å². The number of benzene rings is 1. The third kappa shape index (κ3) is 3.00. The van der Waals surface area contributed by atoms with Gasteiger partial charge >= 0.3 is 0 Å². The van der Waals surface area contributed by atoms with E-state index in [0.29, 0.717) is 12.6 Å². The molecule has 2 N–H and O–H groups in total. The zero-order chi connectivity index (χ0) is 12.3. The smallest absolute Gasteiger partial charge is 0.0746 e. The average Bonchev–Trinajstić information content (AvgIpc) is 2.38. The van der Waals surface area contributed by atoms with Crippen LogP contribution in [0.25, 0.3) is 0 Å². The zero-order valence-corrected chi connectivity index (χ0v) is 11.7. The maximum Gasteiger partial charge on any atom is 0.0746 e. The highest BCUT2D eigenvalue weighted by Gasteiger charge is 2.19. The molecule has 1 atom stereocenters. The second-order valence-electron chi connectivity index (χ2n) is 4.43. The van der Waals surface area contributed by atoms with Crippen molar-refractivity contribution in [2.75, 3.05) is 25.1 Å². The van der Waals surface area contributed by atoms with Gasteiger partial charge in [0.25, 0.3) is 0 Å². The van der Waals surface area contributed by atoms with Crippen LogP contribution in [0.4, 0.5) is 5.69 Å². The van der Waals surface area contributed by atoms with Crippen molar-refractivity contribution in [1.29, 1.82) is 0 Å². The first-order chi connectivity index (χ1) is 8.24. The number of rotatable bonds is 3. The molecule has 1 saturated heterocycles. The van der Waals surface area contributed by atoms with Gasteiger partial charge in [0.05, 0.1) is 6.10 Å². The van der Waals surface area contributed by atoms with Gasteiger partial charge in [0, 0.05) is 36.9 Å². The van der Waals surface area contributed by atoms with Crippen molar-refractivity contribution in [1.82, 2.24) is 0 Å². The third-order valence-electron chi connectivity index (χ3n) is 3.33. The number of halogens is 1. The summed E-state index contributed by atoms with van der Waals surface area (Å²) >= 11 is 3.57. The van der Waals surface area contributed by atoms with Crippen molar-refractivity contribution >= 4 is 21.6 Å². The van der Waals surface area contributed by atoms with E-state index in [1.165, 1.54) is 12.1 Å². The second-order valence-corrected chi connectivity index (χ2v) is 5.28. The van der Waals surface area contributed by atoms with E-state index in [-0.39, 0.29) is 0 Å². The summed E-state index contributed by atoms with van der Waals surface area (Å²) < 4.78 is 6.54. The Bertz CT molecular complexity index is 384. The van der Waals surface area contributed by atoms with E-state index in [2.05, 4.69) is 39.0 Å². The normalized spacial score (nSPS) is 20.6. The number of hydrogen-bond acceptors (Lipinski definition) is 3. The molecule has 1 heterocycles. The zero-order valence-electron chi connectivity index (χ0n) is 10.2. The predicted octanol–water partition coefficient (Wildman–Crippen LogP) is 2.52. The number of anilines is 1. The molecule has 2 rings (SSSR count). The first-order valence-corrected chi connectivity index (χ1v) is 6.80. The molecule has 0 radical (unpaired) electrons. The van der Waals surface area contributed by atoms with Gasteiger partial charge in [0.2, 0.25) is 0 Å². The van der Waals surface area contributed by atoms with E-state index < -0.39 is 0 Å². The SMILES string of the molecule is COC1CCCN(c2ccc(CN)c(Br)c2)C1. The van der Waals surface area contributed by atoms with E-state index in [1.807, 2.05) is 0 Å². The third-order valence-corrected chi connectivity index (χ3v) is 4.07. The van der Waals surface area contributed by atoms with Crippen LogP contribution in [-0.4, -0.2) is 26.3 Å². The van der Waals surface area contributed by atoms with Crippen molar-refractivity contribution in [3.63, 3.8) is 0 Å². The molecular weight excluding hydrogens is 280 g/mol. The lowest BCUT2D eigenvalue weighted by atomic mass is 10.1. The molecule has 3 nitrogen and oxygen atoms in total. The Morgan fingerprint density at radius 2 is 2.35 bits per heavy atom. The second kappa shape index (κ2) is 5.85. The fourth-order valence-electron chi connectivity index (χ4n) is 2.26. The Morgan fingerprint density at radius 1 is 1.53 bits per heavy atom. The minimum absolute atomic E-state index is 0.358. The molecule has 1 aromatic rings. The first-order valence-electron chi connectivity index (χ1n) is 6.01. The Balaban J connectivity index is 2.13. The monoisotopic (exact) mass is 298 g/mol. The number of nitrogens with zero attached hydrogens (tertiary/aromatic N) is 1. The fraction of sp³-hybridized carbons (Fsp3) is 0.538. The van der Waals surface area contributed by atoms with Crippen molar-refractivity contribution in [3.8, 4) is 0 Å². The van der Waals surface area contributed by atoms with E-state index >= 15 is 0 Å². The van der Waals surface area contributed by atoms with Gasteiger partial charge in [0.15, 0.2) is 0 Å². The van der Waals surface area contributed by atoms with Crippen molar-refractivity contribution < 1.29 is 4.74 Å². The largest absolute Gasteiger partial charge is 0.380 e. The van der Waals surface area contributed by atoms with Crippen LogP contribution < -0.4 is 10.6 Å². The molecule has 0 spiro atoms. The lowest BCUT2D eigenvalue weighted by Crippen LogP contribution is -2.39. The maximum atomic E-state index is 5.66. The summed E-state index contributed by atoms with van der Waals surface area (Å²) in [5.74, 6) is 0. The summed E-state index contributed by atoms with van der Waals surface area (Å²) in [5.41, 5.74) is 8.05. The molecule has 0 bridgehead atoms. The van der Waals surface area contributed by atoms with Crippen LogP contribution in [0.3, 0.4) is 0 Å². The minimum Gasteiger partial charge on any atom is -0.380 e. The van der Waals surface area contributed by atoms with Crippen LogP contribution in [-0.2, 0) is 11.3 Å². The molecule has 1 fully saturated rings. The van der Waals surface area contributed by atoms with Crippen molar-refractivity contribution in [2.45, 2.75) is 25.5 Å². The number of ether oxygens (including phenoxy) is 1. The molecule has 1 aromatic carbocycles. The summed E-state index contributed by atoms with van der Waals surface area (Å²) in [5, 5.41) is 0. The van der Waals surface area contributed by atoms with E-state index in [1.54, 1.807) is 7.11 Å². The molecule has 0 saturated carbocycles. The summed E-state index contributed by atoms with van der Waals surface area (Å²) in [7, 11) is 1.79. The van der Waals surface area contributed by atoms with Gasteiger partial charge in [-0.05, 0) is 30.5 Å². The number of hydrogen-bond donors (Lipinski definition) is 1. The van der Waals surface area contributed by atoms with Crippen LogP contribution >= 0.6 is 15.9 Å². The highest BCUT2D eigenvalue weighted by atomic mass is 79.9. The standard InChI is InChI=1S/C13H19BrN2O/c1-17-12-3-2-6-16(9-12)11-5-4-10(8-15)13(14)7-11/h4-5,7,12H,2-3,6,8-9,15H2,1H3. The molecular formula is C13H19BrN2O. The number of nitrogens with two attached hydrogens (primary N) is 1. The van der Waals surface area contributed by atoms with Gasteiger partial charge in [-0.25, -0.2) is 0 Å². The summed E-state index contributed by atoms with van der Waals surface area (Å²) in [6.07, 6.45) is 2.71. The van der Waals surface area contributed by atoms with Crippen LogP contribution in [0, 0.1) is 0 Å². The number of methoxy groups -OCH3 is 1. The van der Waals surface area contributed by atoms with Gasteiger partial charge in [0.1, 0.15) is 0 Å². The van der Waals surface area contributed by atoms with E-state index in [0.717, 1.165) is 29.5 Å². The lowest BCUT2D eigenvalue weighted by molar-refractivity contribution is 0.0893. The van der Waals surface area contributed by atoms with Crippen LogP contribution in [0.15, 0.2) is 22.7 Å². The molecule has 0 aliphatic carbocycles. The van der Waals surface area contributed by atoms with E-state index in [4.69, 9.17) is 10.5 Å². The molecule has 1 aliphatic heterocycles. The van der Waals surface area contributed by atoms with Crippen LogP contribution in [0.5, 0.6) is 0 Å². The summed E-state index contributed by atoms with van der Waals surface area (Å²) in [6.45, 7) is 2.65. The summed E-state index contributed by atoms with van der Waals surface area (Å²) in [4.78, 5) is 2.38. The molecule has 0 aromatic heterocycles. The predicted molar refractivity (Wildman–Crippen MR) is 74.3 cm³/mol. The maximum absolute atomic E-state index is 5.66. The highest BCUT2D eigenvalue weighted by molar-refractivity contribution is 9.10. The Hall–Kier alpha value is -0.580. The highest BCUT2D eigenvalue weighted by Crippen LogP contribution is 2.26. The molecule has 1 unspecified atom stereocenters. The summed E-state index contributed by atoms with van der Waals surface area (Å²) in [6, 6.07) is 6.39. The van der Waals surface area contributed by atoms with Crippen molar-refractivity contribution in [2.24, 2.45) is 5.73 Å². The molecule has 1 aliphatic rings. The topological polar surface area (TPSA) is 38.5 Å². The molecule has 94 valence electrons. The Morgan fingerprint density at radius 3 is 3.00 bits per heavy atom. The van der Waals surface area contributed by atoms with Crippen LogP contribution in [0.1, 0.15) is 18.4 Å². The molecule has 17 heavy (non-hydrogen) atoms. The van der Waals surface area contributed by atoms with Crippen LogP contribution in [0.2, 0.25) is 0 Å².